The standard InChI is InChI=1S/C25H18BrN5O2S/c1-33-20-13-7-16(8-14-20)21-15-34-25(27-21)31-24(32)23(22(30-31)17-5-3-2-4-6-17)29-28-19-11-9-18(26)10-12-19/h2-15,30H,1H3. The molecule has 0 spiro atoms. The summed E-state index contributed by atoms with van der Waals surface area (Å²) in [5.41, 5.74) is 3.64. The Morgan fingerprint density at radius 1 is 0.941 bits per heavy atom. The van der Waals surface area contributed by atoms with Gasteiger partial charge in [0, 0.05) is 21.0 Å². The van der Waals surface area contributed by atoms with E-state index in [4.69, 9.17) is 4.74 Å². The third-order valence-corrected chi connectivity index (χ3v) is 6.44. The number of thiazole rings is 1. The molecule has 0 saturated carbocycles. The predicted octanol–water partition coefficient (Wildman–Crippen LogP) is 7.14. The van der Waals surface area contributed by atoms with Gasteiger partial charge in [-0.25, -0.2) is 4.98 Å². The molecule has 0 fully saturated rings. The van der Waals surface area contributed by atoms with Gasteiger partial charge in [0.05, 0.1) is 24.2 Å². The van der Waals surface area contributed by atoms with Gasteiger partial charge in [0.2, 0.25) is 5.13 Å². The number of aromatic nitrogens is 3. The molecule has 0 atom stereocenters. The number of rotatable bonds is 6. The van der Waals surface area contributed by atoms with E-state index < -0.39 is 0 Å². The van der Waals surface area contributed by atoms with Crippen LogP contribution in [0.25, 0.3) is 27.6 Å². The van der Waals surface area contributed by atoms with E-state index in [1.807, 2.05) is 84.2 Å². The Labute approximate surface area is 207 Å². The Bertz CT molecular complexity index is 1500. The lowest BCUT2D eigenvalue weighted by Gasteiger charge is -2.00. The van der Waals surface area contributed by atoms with Crippen LogP contribution in [-0.2, 0) is 0 Å². The normalized spacial score (nSPS) is 11.2. The Morgan fingerprint density at radius 2 is 1.68 bits per heavy atom. The minimum absolute atomic E-state index is 0.218. The summed E-state index contributed by atoms with van der Waals surface area (Å²) < 4.78 is 7.58. The molecule has 2 heterocycles. The van der Waals surface area contributed by atoms with Gasteiger partial charge in [-0.2, -0.15) is 9.80 Å². The Morgan fingerprint density at radius 3 is 2.38 bits per heavy atom. The molecule has 5 aromatic rings. The molecule has 0 amide bonds. The summed E-state index contributed by atoms with van der Waals surface area (Å²) >= 11 is 4.77. The van der Waals surface area contributed by atoms with Crippen molar-refractivity contribution >= 4 is 38.6 Å². The van der Waals surface area contributed by atoms with Crippen LogP contribution in [-0.4, -0.2) is 21.9 Å². The molecule has 3 aromatic carbocycles. The first-order valence-corrected chi connectivity index (χ1v) is 12.0. The molecule has 5 rings (SSSR count). The molecule has 2 aromatic heterocycles. The lowest BCUT2D eigenvalue weighted by molar-refractivity contribution is 0.415. The fourth-order valence-corrected chi connectivity index (χ4v) is 4.39. The van der Waals surface area contributed by atoms with E-state index >= 15 is 0 Å². The summed E-state index contributed by atoms with van der Waals surface area (Å²) in [5, 5.41) is 14.2. The van der Waals surface area contributed by atoms with Gasteiger partial charge in [-0.15, -0.1) is 16.5 Å². The minimum atomic E-state index is -0.324. The summed E-state index contributed by atoms with van der Waals surface area (Å²) in [6.45, 7) is 0. The number of benzene rings is 3. The second-order valence-electron chi connectivity index (χ2n) is 7.26. The van der Waals surface area contributed by atoms with Crippen LogP contribution in [0.2, 0.25) is 0 Å². The van der Waals surface area contributed by atoms with Crippen LogP contribution in [0.3, 0.4) is 0 Å². The lowest BCUT2D eigenvalue weighted by atomic mass is 10.1. The summed E-state index contributed by atoms with van der Waals surface area (Å²) in [7, 11) is 1.63. The van der Waals surface area contributed by atoms with Crippen molar-refractivity contribution in [2.45, 2.75) is 0 Å². The summed E-state index contributed by atoms with van der Waals surface area (Å²) in [5.74, 6) is 0.771. The SMILES string of the molecule is COc1ccc(-c2csc(-n3[nH]c(-c4ccccc4)c(N=Nc4ccc(Br)cc4)c3=O)n2)cc1. The largest absolute Gasteiger partial charge is 0.497 e. The maximum Gasteiger partial charge on any atom is 0.301 e. The predicted molar refractivity (Wildman–Crippen MR) is 138 cm³/mol. The molecular weight excluding hydrogens is 514 g/mol. The molecule has 1 N–H and O–H groups in total. The number of nitrogens with zero attached hydrogens (tertiary/aromatic N) is 4. The number of hydrogen-bond donors (Lipinski definition) is 1. The minimum Gasteiger partial charge on any atom is -0.497 e. The number of methoxy groups -OCH3 is 1. The van der Waals surface area contributed by atoms with Gasteiger partial charge in [0.15, 0.2) is 5.69 Å². The Hall–Kier alpha value is -3.82. The topological polar surface area (TPSA) is 84.6 Å². The number of ether oxygens (including phenoxy) is 1. The van der Waals surface area contributed by atoms with Crippen LogP contribution in [0.5, 0.6) is 5.75 Å². The highest BCUT2D eigenvalue weighted by Gasteiger charge is 2.19. The maximum atomic E-state index is 13.4. The number of azo groups is 1. The molecule has 0 unspecified atom stereocenters. The van der Waals surface area contributed by atoms with Gasteiger partial charge in [-0.3, -0.25) is 9.89 Å². The van der Waals surface area contributed by atoms with E-state index in [0.717, 1.165) is 27.0 Å². The summed E-state index contributed by atoms with van der Waals surface area (Å²) in [4.78, 5) is 18.1. The zero-order valence-electron chi connectivity index (χ0n) is 18.0. The van der Waals surface area contributed by atoms with Gasteiger partial charge in [0.25, 0.3) is 0 Å². The third kappa shape index (κ3) is 4.48. The van der Waals surface area contributed by atoms with Crippen molar-refractivity contribution in [3.8, 4) is 33.4 Å². The number of halogens is 1. The van der Waals surface area contributed by atoms with Crippen molar-refractivity contribution in [2.24, 2.45) is 10.2 Å². The van der Waals surface area contributed by atoms with Crippen LogP contribution in [0.15, 0.2) is 104 Å². The van der Waals surface area contributed by atoms with Gasteiger partial charge < -0.3 is 4.74 Å². The van der Waals surface area contributed by atoms with E-state index in [1.54, 1.807) is 7.11 Å². The van der Waals surface area contributed by atoms with E-state index in [1.165, 1.54) is 16.0 Å². The van der Waals surface area contributed by atoms with Gasteiger partial charge >= 0.3 is 5.56 Å². The number of nitrogens with one attached hydrogen (secondary N) is 1. The third-order valence-electron chi connectivity index (χ3n) is 5.09. The summed E-state index contributed by atoms with van der Waals surface area (Å²) in [6.07, 6.45) is 0. The summed E-state index contributed by atoms with van der Waals surface area (Å²) in [6, 6.07) is 24.6. The van der Waals surface area contributed by atoms with Crippen molar-refractivity contribution in [1.29, 1.82) is 0 Å². The van der Waals surface area contributed by atoms with Gasteiger partial charge in [0.1, 0.15) is 5.75 Å². The molecule has 7 nitrogen and oxygen atoms in total. The van der Waals surface area contributed by atoms with Crippen molar-refractivity contribution in [2.75, 3.05) is 7.11 Å². The highest BCUT2D eigenvalue weighted by atomic mass is 79.9. The first-order chi connectivity index (χ1) is 16.6. The average molecular weight is 532 g/mol. The van der Waals surface area contributed by atoms with E-state index in [9.17, 15) is 4.79 Å². The van der Waals surface area contributed by atoms with Crippen LogP contribution in [0.1, 0.15) is 0 Å². The molecule has 0 aliphatic heterocycles. The first-order valence-electron chi connectivity index (χ1n) is 10.3. The van der Waals surface area contributed by atoms with Crippen molar-refractivity contribution < 1.29 is 4.74 Å². The van der Waals surface area contributed by atoms with Crippen molar-refractivity contribution in [1.82, 2.24) is 14.8 Å². The molecule has 34 heavy (non-hydrogen) atoms. The molecule has 168 valence electrons. The highest BCUT2D eigenvalue weighted by molar-refractivity contribution is 9.10. The zero-order chi connectivity index (χ0) is 23.5. The Balaban J connectivity index is 1.56. The van der Waals surface area contributed by atoms with Crippen LogP contribution >= 0.6 is 27.3 Å². The van der Waals surface area contributed by atoms with E-state index in [0.29, 0.717) is 16.5 Å². The highest BCUT2D eigenvalue weighted by Crippen LogP contribution is 2.30. The number of H-pyrrole nitrogens is 1. The molecule has 0 saturated heterocycles. The van der Waals surface area contributed by atoms with Gasteiger partial charge in [-0.1, -0.05) is 46.3 Å². The smallest absolute Gasteiger partial charge is 0.301 e. The molecule has 9 heteroatoms. The first kappa shape index (κ1) is 22.0. The van der Waals surface area contributed by atoms with Crippen LogP contribution in [0.4, 0.5) is 11.4 Å². The number of aromatic amines is 1. The molecule has 0 bridgehead atoms. The van der Waals surface area contributed by atoms with Crippen LogP contribution in [0, 0.1) is 0 Å². The molecular formula is C25H18BrN5O2S. The monoisotopic (exact) mass is 531 g/mol. The Kier molecular flexibility index (Phi) is 6.20. The molecule has 0 aliphatic carbocycles. The fraction of sp³-hybridized carbons (Fsp3) is 0.0400. The molecule has 0 aliphatic rings. The maximum absolute atomic E-state index is 13.4. The fourth-order valence-electron chi connectivity index (χ4n) is 3.34. The van der Waals surface area contributed by atoms with E-state index in [-0.39, 0.29) is 11.2 Å². The average Bonchev–Trinajstić information content (AvgIpc) is 3.49. The van der Waals surface area contributed by atoms with Gasteiger partial charge in [-0.05, 0) is 48.5 Å². The lowest BCUT2D eigenvalue weighted by Crippen LogP contribution is -2.13. The van der Waals surface area contributed by atoms with Crippen molar-refractivity contribution in [3.05, 3.63) is 99.1 Å². The second kappa shape index (κ2) is 9.58. The number of hydrogen-bond acceptors (Lipinski definition) is 6. The zero-order valence-corrected chi connectivity index (χ0v) is 20.4. The van der Waals surface area contributed by atoms with E-state index in [2.05, 4.69) is 36.2 Å². The quantitative estimate of drug-likeness (QED) is 0.236. The second-order valence-corrected chi connectivity index (χ2v) is 9.01. The molecule has 0 radical (unpaired) electrons. The van der Waals surface area contributed by atoms with Crippen LogP contribution < -0.4 is 10.3 Å². The van der Waals surface area contributed by atoms with Crippen molar-refractivity contribution in [3.63, 3.8) is 0 Å².